The fraction of sp³-hybridized carbons (Fsp3) is 0.350. The first kappa shape index (κ1) is 23.0. The van der Waals surface area contributed by atoms with Crippen molar-refractivity contribution >= 4 is 33.3 Å². The summed E-state index contributed by atoms with van der Waals surface area (Å²) in [7, 11) is 1.18. The molecular weight excluding hydrogens is 416 g/mol. The van der Waals surface area contributed by atoms with Crippen LogP contribution in [0.2, 0.25) is 5.02 Å². The molecule has 2 aromatic rings. The summed E-state index contributed by atoms with van der Waals surface area (Å²) in [5, 5.41) is 0.458. The third kappa shape index (κ3) is 6.62. The first-order chi connectivity index (χ1) is 13.7. The predicted octanol–water partition coefficient (Wildman–Crippen LogP) is 3.04. The summed E-state index contributed by atoms with van der Waals surface area (Å²) in [5.74, 6) is -0.0990. The Labute approximate surface area is 176 Å². The van der Waals surface area contributed by atoms with Gasteiger partial charge in [0.25, 0.3) is 10.0 Å². The number of benzene rings is 2. The maximum atomic E-state index is 13.2. The summed E-state index contributed by atoms with van der Waals surface area (Å²) in [6.07, 6.45) is 0.858. The highest BCUT2D eigenvalue weighted by molar-refractivity contribution is 7.92. The van der Waals surface area contributed by atoms with Crippen LogP contribution in [0.1, 0.15) is 6.42 Å². The number of hydrogen-bond acceptors (Lipinski definition) is 6. The Bertz CT molecular complexity index is 899. The number of nitrogens with zero attached hydrogens (tertiary/aromatic N) is 2. The number of anilines is 1. The van der Waals surface area contributed by atoms with Crippen molar-refractivity contribution in [1.82, 2.24) is 4.90 Å². The number of esters is 1. The third-order valence-corrected chi connectivity index (χ3v) is 6.09. The van der Waals surface area contributed by atoms with E-state index in [1.165, 1.54) is 31.4 Å². The monoisotopic (exact) mass is 440 g/mol. The molecule has 0 aliphatic heterocycles. The molecule has 0 saturated carbocycles. The van der Waals surface area contributed by atoms with Crippen LogP contribution >= 0.6 is 11.6 Å². The Morgan fingerprint density at radius 1 is 1.03 bits per heavy atom. The van der Waals surface area contributed by atoms with Crippen molar-refractivity contribution in [2.24, 2.45) is 0 Å². The quantitative estimate of drug-likeness (QED) is 0.417. The second-order valence-corrected chi connectivity index (χ2v) is 8.84. The highest BCUT2D eigenvalue weighted by atomic mass is 35.5. The van der Waals surface area contributed by atoms with E-state index in [4.69, 9.17) is 16.3 Å². The fourth-order valence-corrected chi connectivity index (χ4v) is 4.05. The Balaban J connectivity index is 2.21. The average molecular weight is 441 g/mol. The highest BCUT2D eigenvalue weighted by Gasteiger charge is 2.27. The fourth-order valence-electron chi connectivity index (χ4n) is 2.51. The van der Waals surface area contributed by atoms with Crippen LogP contribution in [0.5, 0.6) is 5.75 Å². The number of carbonyl (C=O) groups is 1. The maximum Gasteiger partial charge on any atom is 0.326 e. The lowest BCUT2D eigenvalue weighted by molar-refractivity contribution is -0.138. The Morgan fingerprint density at radius 2 is 1.66 bits per heavy atom. The van der Waals surface area contributed by atoms with Gasteiger partial charge in [-0.3, -0.25) is 9.10 Å². The summed E-state index contributed by atoms with van der Waals surface area (Å²) in [4.78, 5) is 13.9. The van der Waals surface area contributed by atoms with E-state index >= 15 is 0 Å². The number of ether oxygens (including phenoxy) is 2. The molecule has 7 nitrogen and oxygen atoms in total. The number of sulfonamides is 1. The van der Waals surface area contributed by atoms with Gasteiger partial charge in [-0.2, -0.15) is 0 Å². The standard InChI is InChI=1S/C20H25ClN2O5S/c1-22(2)13-4-14-28-18-9-11-19(12-10-18)29(25,26)23(15-20(24)27-3)17-7-5-16(21)6-8-17/h5-12H,4,13-15H2,1-3H3. The molecule has 29 heavy (non-hydrogen) atoms. The van der Waals surface area contributed by atoms with Crippen LogP contribution in [0.15, 0.2) is 53.4 Å². The van der Waals surface area contributed by atoms with E-state index in [0.717, 1.165) is 17.3 Å². The van der Waals surface area contributed by atoms with Crippen LogP contribution < -0.4 is 9.04 Å². The number of halogens is 1. The first-order valence-electron chi connectivity index (χ1n) is 8.97. The largest absolute Gasteiger partial charge is 0.494 e. The molecule has 0 bridgehead atoms. The van der Waals surface area contributed by atoms with Crippen molar-refractivity contribution < 1.29 is 22.7 Å². The van der Waals surface area contributed by atoms with Crippen molar-refractivity contribution in [3.05, 3.63) is 53.6 Å². The van der Waals surface area contributed by atoms with E-state index in [-0.39, 0.29) is 4.90 Å². The smallest absolute Gasteiger partial charge is 0.326 e. The Hall–Kier alpha value is -2.29. The minimum atomic E-state index is -4.00. The predicted molar refractivity (Wildman–Crippen MR) is 113 cm³/mol. The van der Waals surface area contributed by atoms with Gasteiger partial charge in [0, 0.05) is 11.6 Å². The van der Waals surface area contributed by atoms with Gasteiger partial charge in [0.1, 0.15) is 12.3 Å². The van der Waals surface area contributed by atoms with Gasteiger partial charge in [0.05, 0.1) is 24.3 Å². The first-order valence-corrected chi connectivity index (χ1v) is 10.8. The van der Waals surface area contributed by atoms with E-state index in [1.807, 2.05) is 14.1 Å². The molecule has 158 valence electrons. The molecule has 0 unspecified atom stereocenters. The van der Waals surface area contributed by atoms with Crippen molar-refractivity contribution in [2.45, 2.75) is 11.3 Å². The summed E-state index contributed by atoms with van der Waals surface area (Å²) in [6, 6.07) is 12.3. The summed E-state index contributed by atoms with van der Waals surface area (Å²) in [6.45, 7) is 0.975. The van der Waals surface area contributed by atoms with E-state index < -0.39 is 22.5 Å². The number of hydrogen-bond donors (Lipinski definition) is 0. The van der Waals surface area contributed by atoms with Gasteiger partial charge < -0.3 is 14.4 Å². The number of rotatable bonds is 10. The summed E-state index contributed by atoms with van der Waals surface area (Å²) >= 11 is 5.89. The van der Waals surface area contributed by atoms with Crippen molar-refractivity contribution in [3.63, 3.8) is 0 Å². The lowest BCUT2D eigenvalue weighted by Gasteiger charge is -2.23. The average Bonchev–Trinajstić information content (AvgIpc) is 2.70. The minimum Gasteiger partial charge on any atom is -0.494 e. The van der Waals surface area contributed by atoms with Crippen LogP contribution in [0, 0.1) is 0 Å². The Morgan fingerprint density at radius 3 is 2.21 bits per heavy atom. The molecule has 0 radical (unpaired) electrons. The molecule has 2 aromatic carbocycles. The maximum absolute atomic E-state index is 13.2. The van der Waals surface area contributed by atoms with Crippen LogP contribution in [-0.4, -0.2) is 60.2 Å². The van der Waals surface area contributed by atoms with Gasteiger partial charge in [0.15, 0.2) is 0 Å². The van der Waals surface area contributed by atoms with E-state index in [9.17, 15) is 13.2 Å². The molecule has 0 spiro atoms. The van der Waals surface area contributed by atoms with Gasteiger partial charge in [-0.1, -0.05) is 11.6 Å². The molecular formula is C20H25ClN2O5S. The molecule has 0 aliphatic carbocycles. The van der Waals surface area contributed by atoms with Crippen LogP contribution in [-0.2, 0) is 19.6 Å². The van der Waals surface area contributed by atoms with Gasteiger partial charge in [-0.15, -0.1) is 0 Å². The third-order valence-electron chi connectivity index (χ3n) is 4.05. The molecule has 0 aromatic heterocycles. The SMILES string of the molecule is COC(=O)CN(c1ccc(Cl)cc1)S(=O)(=O)c1ccc(OCCCN(C)C)cc1. The zero-order valence-electron chi connectivity index (χ0n) is 16.7. The van der Waals surface area contributed by atoms with Gasteiger partial charge in [-0.05, 0) is 69.0 Å². The van der Waals surface area contributed by atoms with Gasteiger partial charge in [-0.25, -0.2) is 8.42 Å². The number of methoxy groups -OCH3 is 1. The molecule has 0 heterocycles. The molecule has 2 rings (SSSR count). The highest BCUT2D eigenvalue weighted by Crippen LogP contribution is 2.26. The van der Waals surface area contributed by atoms with Crippen molar-refractivity contribution in [3.8, 4) is 5.75 Å². The topological polar surface area (TPSA) is 76.1 Å². The van der Waals surface area contributed by atoms with Gasteiger partial charge in [0.2, 0.25) is 0 Å². The van der Waals surface area contributed by atoms with E-state index in [2.05, 4.69) is 9.64 Å². The summed E-state index contributed by atoms with van der Waals surface area (Å²) in [5.41, 5.74) is 0.309. The second-order valence-electron chi connectivity index (χ2n) is 6.54. The second kappa shape index (κ2) is 10.5. The Kier molecular flexibility index (Phi) is 8.31. The van der Waals surface area contributed by atoms with Crippen LogP contribution in [0.3, 0.4) is 0 Å². The van der Waals surface area contributed by atoms with Crippen LogP contribution in [0.25, 0.3) is 0 Å². The molecule has 9 heteroatoms. The van der Waals surface area contributed by atoms with E-state index in [0.29, 0.717) is 23.1 Å². The lowest BCUT2D eigenvalue weighted by Crippen LogP contribution is -2.36. The lowest BCUT2D eigenvalue weighted by atomic mass is 10.3. The molecule has 0 saturated heterocycles. The van der Waals surface area contributed by atoms with Crippen molar-refractivity contribution in [2.75, 3.05) is 45.2 Å². The molecule has 0 amide bonds. The van der Waals surface area contributed by atoms with Gasteiger partial charge >= 0.3 is 5.97 Å². The number of carbonyl (C=O) groups excluding carboxylic acids is 1. The van der Waals surface area contributed by atoms with Crippen LogP contribution in [0.4, 0.5) is 5.69 Å². The molecule has 0 fully saturated rings. The van der Waals surface area contributed by atoms with Crippen molar-refractivity contribution in [1.29, 1.82) is 0 Å². The molecule has 0 atom stereocenters. The molecule has 0 aliphatic rings. The zero-order valence-corrected chi connectivity index (χ0v) is 18.2. The van der Waals surface area contributed by atoms with E-state index in [1.54, 1.807) is 24.3 Å². The zero-order chi connectivity index (χ0) is 21.4. The molecule has 0 N–H and O–H groups in total. The minimum absolute atomic E-state index is 0.0389. The summed E-state index contributed by atoms with van der Waals surface area (Å²) < 4.78 is 37.6. The normalized spacial score (nSPS) is 11.3.